The lowest BCUT2D eigenvalue weighted by molar-refractivity contribution is -0.114. The molecule has 0 spiro atoms. The van der Waals surface area contributed by atoms with E-state index in [0.29, 0.717) is 16.9 Å². The van der Waals surface area contributed by atoms with Gasteiger partial charge in [-0.25, -0.2) is 9.07 Å². The Morgan fingerprint density at radius 2 is 1.96 bits per heavy atom. The van der Waals surface area contributed by atoms with E-state index in [9.17, 15) is 14.0 Å². The van der Waals surface area contributed by atoms with Crippen molar-refractivity contribution in [3.8, 4) is 5.69 Å². The van der Waals surface area contributed by atoms with Gasteiger partial charge >= 0.3 is 0 Å². The molecule has 8 nitrogen and oxygen atoms in total. The second-order valence-electron chi connectivity index (χ2n) is 5.13. The minimum Gasteiger partial charge on any atom is -0.326 e. The lowest BCUT2D eigenvalue weighted by atomic mass is 10.1. The van der Waals surface area contributed by atoms with Gasteiger partial charge in [0, 0.05) is 18.2 Å². The van der Waals surface area contributed by atoms with Crippen molar-refractivity contribution in [3.63, 3.8) is 0 Å². The van der Waals surface area contributed by atoms with Crippen molar-refractivity contribution < 1.29 is 14.0 Å². The summed E-state index contributed by atoms with van der Waals surface area (Å²) in [6.45, 7) is 1.34. The van der Waals surface area contributed by atoms with Crippen molar-refractivity contribution in [3.05, 3.63) is 60.2 Å². The Hall–Kier alpha value is -3.62. The Balaban J connectivity index is 1.83. The number of anilines is 2. The zero-order valence-corrected chi connectivity index (χ0v) is 13.1. The molecule has 0 fully saturated rings. The lowest BCUT2D eigenvalue weighted by Crippen LogP contribution is -2.14. The second kappa shape index (κ2) is 6.87. The Morgan fingerprint density at radius 1 is 1.12 bits per heavy atom. The molecule has 2 N–H and O–H groups in total. The highest BCUT2D eigenvalue weighted by Crippen LogP contribution is 2.21. The van der Waals surface area contributed by atoms with Gasteiger partial charge in [0.1, 0.15) is 12.1 Å². The molecule has 126 valence electrons. The van der Waals surface area contributed by atoms with E-state index >= 15 is 0 Å². The predicted molar refractivity (Wildman–Crippen MR) is 87.8 cm³/mol. The Kier molecular flexibility index (Phi) is 4.46. The first kappa shape index (κ1) is 16.2. The van der Waals surface area contributed by atoms with Gasteiger partial charge in [0.2, 0.25) is 5.91 Å². The van der Waals surface area contributed by atoms with E-state index in [1.54, 1.807) is 24.3 Å². The Bertz CT molecular complexity index is 926. The summed E-state index contributed by atoms with van der Waals surface area (Å²) in [6, 6.07) is 10.5. The van der Waals surface area contributed by atoms with Gasteiger partial charge in [-0.2, -0.15) is 0 Å². The molecule has 0 aliphatic heterocycles. The predicted octanol–water partition coefficient (Wildman–Crippen LogP) is 2.01. The van der Waals surface area contributed by atoms with Crippen molar-refractivity contribution >= 4 is 23.2 Å². The maximum Gasteiger partial charge on any atom is 0.255 e. The molecule has 0 aliphatic rings. The topological polar surface area (TPSA) is 102 Å². The fourth-order valence-corrected chi connectivity index (χ4v) is 2.17. The van der Waals surface area contributed by atoms with Crippen molar-refractivity contribution in [2.45, 2.75) is 6.92 Å². The Morgan fingerprint density at radius 3 is 2.68 bits per heavy atom. The van der Waals surface area contributed by atoms with E-state index in [2.05, 4.69) is 26.2 Å². The number of hydrogen-bond acceptors (Lipinski definition) is 5. The van der Waals surface area contributed by atoms with Crippen LogP contribution in [0.5, 0.6) is 0 Å². The van der Waals surface area contributed by atoms with Gasteiger partial charge in [-0.15, -0.1) is 5.10 Å². The molecule has 9 heteroatoms. The summed E-state index contributed by atoms with van der Waals surface area (Å²) < 4.78 is 15.3. The van der Waals surface area contributed by atoms with Gasteiger partial charge in [-0.1, -0.05) is 6.07 Å². The van der Waals surface area contributed by atoms with Crippen LogP contribution in [0.2, 0.25) is 0 Å². The molecular weight excluding hydrogens is 327 g/mol. The molecule has 0 aliphatic carbocycles. The van der Waals surface area contributed by atoms with Crippen LogP contribution >= 0.6 is 0 Å². The molecule has 0 saturated heterocycles. The minimum atomic E-state index is -0.612. The summed E-state index contributed by atoms with van der Waals surface area (Å²) in [5.41, 5.74) is 1.23. The maximum atomic E-state index is 13.9. The van der Waals surface area contributed by atoms with Gasteiger partial charge in [0.05, 0.1) is 11.4 Å². The zero-order valence-electron chi connectivity index (χ0n) is 13.1. The van der Waals surface area contributed by atoms with E-state index in [-0.39, 0.29) is 11.6 Å². The maximum absolute atomic E-state index is 13.9. The van der Waals surface area contributed by atoms with Crippen LogP contribution < -0.4 is 10.6 Å². The first-order chi connectivity index (χ1) is 12.0. The van der Waals surface area contributed by atoms with Crippen LogP contribution in [0.25, 0.3) is 5.69 Å². The highest BCUT2D eigenvalue weighted by Gasteiger charge is 2.12. The lowest BCUT2D eigenvalue weighted by Gasteiger charge is -2.10. The molecule has 0 saturated carbocycles. The molecule has 1 heterocycles. The molecule has 0 radical (unpaired) electrons. The van der Waals surface area contributed by atoms with Gasteiger partial charge in [-0.3, -0.25) is 9.59 Å². The third kappa shape index (κ3) is 3.83. The van der Waals surface area contributed by atoms with Gasteiger partial charge in [0.15, 0.2) is 0 Å². The number of rotatable bonds is 4. The molecule has 3 rings (SSSR count). The molecule has 0 atom stereocenters. The normalized spacial score (nSPS) is 10.3. The molecule has 25 heavy (non-hydrogen) atoms. The van der Waals surface area contributed by atoms with E-state index in [1.165, 1.54) is 36.1 Å². The summed E-state index contributed by atoms with van der Waals surface area (Å²) in [5.74, 6) is -1.41. The molecule has 0 unspecified atom stereocenters. The van der Waals surface area contributed by atoms with Crippen LogP contribution in [0.15, 0.2) is 48.8 Å². The van der Waals surface area contributed by atoms with Crippen molar-refractivity contribution in [2.24, 2.45) is 0 Å². The Labute approximate surface area is 141 Å². The van der Waals surface area contributed by atoms with Crippen molar-refractivity contribution in [1.82, 2.24) is 20.2 Å². The van der Waals surface area contributed by atoms with Gasteiger partial charge < -0.3 is 10.6 Å². The van der Waals surface area contributed by atoms with E-state index in [4.69, 9.17) is 0 Å². The smallest absolute Gasteiger partial charge is 0.255 e. The summed E-state index contributed by atoms with van der Waals surface area (Å²) in [5, 5.41) is 15.8. The quantitative estimate of drug-likeness (QED) is 0.756. The standard InChI is InChI=1S/C16H13FN6O2/c1-10(24)19-12-5-6-14(17)15(8-12)20-16(25)11-3-2-4-13(7-11)23-9-18-21-22-23/h2-9H,1H3,(H,19,24)(H,20,25). The fourth-order valence-electron chi connectivity index (χ4n) is 2.17. The fraction of sp³-hybridized carbons (Fsp3) is 0.0625. The average Bonchev–Trinajstić information content (AvgIpc) is 3.12. The van der Waals surface area contributed by atoms with Crippen LogP contribution in [-0.4, -0.2) is 32.0 Å². The summed E-state index contributed by atoms with van der Waals surface area (Å²) in [6.07, 6.45) is 1.40. The molecule has 2 aromatic carbocycles. The molecule has 0 bridgehead atoms. The summed E-state index contributed by atoms with van der Waals surface area (Å²) in [7, 11) is 0. The van der Waals surface area contributed by atoms with Crippen LogP contribution in [0.4, 0.5) is 15.8 Å². The third-order valence-corrected chi connectivity index (χ3v) is 3.26. The number of hydrogen-bond donors (Lipinski definition) is 2. The van der Waals surface area contributed by atoms with Crippen LogP contribution in [-0.2, 0) is 4.79 Å². The largest absolute Gasteiger partial charge is 0.326 e. The van der Waals surface area contributed by atoms with Gasteiger partial charge in [-0.05, 0) is 46.8 Å². The zero-order chi connectivity index (χ0) is 17.8. The van der Waals surface area contributed by atoms with E-state index in [1.807, 2.05) is 0 Å². The van der Waals surface area contributed by atoms with Gasteiger partial charge in [0.25, 0.3) is 5.91 Å². The van der Waals surface area contributed by atoms with Crippen LogP contribution in [0.3, 0.4) is 0 Å². The number of benzene rings is 2. The van der Waals surface area contributed by atoms with E-state index in [0.717, 1.165) is 0 Å². The van der Waals surface area contributed by atoms with E-state index < -0.39 is 11.7 Å². The number of nitrogens with zero attached hydrogens (tertiary/aromatic N) is 4. The van der Waals surface area contributed by atoms with Crippen molar-refractivity contribution in [1.29, 1.82) is 0 Å². The summed E-state index contributed by atoms with van der Waals surface area (Å²) >= 11 is 0. The number of carbonyl (C=O) groups is 2. The monoisotopic (exact) mass is 340 g/mol. The molecular formula is C16H13FN6O2. The number of carbonyl (C=O) groups excluding carboxylic acids is 2. The third-order valence-electron chi connectivity index (χ3n) is 3.26. The average molecular weight is 340 g/mol. The minimum absolute atomic E-state index is 0.0379. The number of tetrazole rings is 1. The SMILES string of the molecule is CC(=O)Nc1ccc(F)c(NC(=O)c2cccc(-n3cnnn3)c2)c1. The first-order valence-electron chi connectivity index (χ1n) is 7.25. The number of halogens is 1. The number of nitrogens with one attached hydrogen (secondary N) is 2. The highest BCUT2D eigenvalue weighted by atomic mass is 19.1. The highest BCUT2D eigenvalue weighted by molar-refractivity contribution is 6.05. The van der Waals surface area contributed by atoms with Crippen molar-refractivity contribution in [2.75, 3.05) is 10.6 Å². The van der Waals surface area contributed by atoms with Crippen LogP contribution in [0, 0.1) is 5.82 Å². The first-order valence-corrected chi connectivity index (χ1v) is 7.25. The molecule has 1 aromatic heterocycles. The summed E-state index contributed by atoms with van der Waals surface area (Å²) in [4.78, 5) is 23.5. The number of aromatic nitrogens is 4. The number of amides is 2. The second-order valence-corrected chi connectivity index (χ2v) is 5.13. The van der Waals surface area contributed by atoms with Crippen LogP contribution in [0.1, 0.15) is 17.3 Å². The molecule has 2 amide bonds. The molecule has 3 aromatic rings.